The summed E-state index contributed by atoms with van der Waals surface area (Å²) in [4.78, 5) is 0. The summed E-state index contributed by atoms with van der Waals surface area (Å²) in [5.41, 5.74) is 1.49. The number of aliphatic hydroxyl groups excluding tert-OH is 1. The van der Waals surface area contributed by atoms with Gasteiger partial charge in [-0.05, 0) is 48.1 Å². The van der Waals surface area contributed by atoms with Gasteiger partial charge in [0.15, 0.2) is 0 Å². The number of hydrogen-bond donors (Lipinski definition) is 3. The molecule has 2 bridgehead atoms. The van der Waals surface area contributed by atoms with E-state index in [-0.39, 0.29) is 11.3 Å². The van der Waals surface area contributed by atoms with Crippen LogP contribution in [-0.4, -0.2) is 28.5 Å². The molecule has 0 heterocycles. The Morgan fingerprint density at radius 1 is 1.23 bits per heavy atom. The second-order valence-electron chi connectivity index (χ2n) is 7.81. The minimum atomic E-state index is -1.02. The molecular formula is C19H29NO2. The molecule has 22 heavy (non-hydrogen) atoms. The minimum Gasteiger partial charge on any atom is -0.390 e. The first-order valence-corrected chi connectivity index (χ1v) is 8.61. The third-order valence-corrected chi connectivity index (χ3v) is 6.26. The van der Waals surface area contributed by atoms with Crippen molar-refractivity contribution in [2.75, 3.05) is 11.9 Å². The average Bonchev–Trinajstić information content (AvgIpc) is 2.49. The van der Waals surface area contributed by atoms with E-state index in [0.29, 0.717) is 12.5 Å². The molecule has 3 nitrogen and oxygen atoms in total. The van der Waals surface area contributed by atoms with E-state index in [1.807, 2.05) is 6.07 Å². The lowest BCUT2D eigenvalue weighted by atomic mass is 9.43. The highest BCUT2D eigenvalue weighted by molar-refractivity contribution is 5.51. The highest BCUT2D eigenvalue weighted by Gasteiger charge is 2.64. The van der Waals surface area contributed by atoms with Gasteiger partial charge in [0, 0.05) is 12.2 Å². The van der Waals surface area contributed by atoms with Gasteiger partial charge in [0.1, 0.15) is 5.60 Å². The molecule has 4 rings (SSSR count). The number of hydrogen-bond acceptors (Lipinski definition) is 3. The van der Waals surface area contributed by atoms with Crippen LogP contribution in [0.25, 0.3) is 0 Å². The third-order valence-electron chi connectivity index (χ3n) is 6.26. The first-order valence-electron chi connectivity index (χ1n) is 8.61. The first-order chi connectivity index (χ1) is 10.4. The molecule has 3 aliphatic rings. The fraction of sp³-hybridized carbons (Fsp3) is 0.684. The first kappa shape index (κ1) is 15.8. The van der Waals surface area contributed by atoms with Crippen LogP contribution in [0.2, 0.25) is 0 Å². The molecule has 4 atom stereocenters. The van der Waals surface area contributed by atoms with Gasteiger partial charge in [-0.25, -0.2) is 0 Å². The van der Waals surface area contributed by atoms with Crippen molar-refractivity contribution in [3.05, 3.63) is 29.8 Å². The Balaban J connectivity index is 1.75. The molecule has 3 N–H and O–H groups in total. The van der Waals surface area contributed by atoms with Crippen molar-refractivity contribution >= 4 is 5.69 Å². The van der Waals surface area contributed by atoms with Crippen LogP contribution in [0.1, 0.15) is 45.6 Å². The lowest BCUT2D eigenvalue weighted by Gasteiger charge is -2.65. The lowest BCUT2D eigenvalue weighted by Crippen LogP contribution is -2.69. The molecule has 0 aliphatic heterocycles. The second-order valence-corrected chi connectivity index (χ2v) is 7.81. The van der Waals surface area contributed by atoms with E-state index in [4.69, 9.17) is 0 Å². The molecule has 3 aliphatic carbocycles. The third kappa shape index (κ3) is 2.35. The van der Waals surface area contributed by atoms with Crippen LogP contribution in [-0.2, 0) is 6.42 Å². The number of anilines is 1. The van der Waals surface area contributed by atoms with E-state index in [2.05, 4.69) is 44.3 Å². The van der Waals surface area contributed by atoms with Crippen molar-refractivity contribution in [3.8, 4) is 0 Å². The summed E-state index contributed by atoms with van der Waals surface area (Å²) in [6, 6.07) is 8.28. The topological polar surface area (TPSA) is 52.5 Å². The van der Waals surface area contributed by atoms with Crippen molar-refractivity contribution in [2.45, 2.75) is 58.2 Å². The molecule has 0 unspecified atom stereocenters. The molecule has 3 saturated carbocycles. The molecule has 122 valence electrons. The van der Waals surface area contributed by atoms with Crippen LogP contribution in [0.3, 0.4) is 0 Å². The Morgan fingerprint density at radius 2 is 1.95 bits per heavy atom. The van der Waals surface area contributed by atoms with Crippen molar-refractivity contribution < 1.29 is 10.2 Å². The molecular weight excluding hydrogens is 274 g/mol. The number of aryl methyl sites for hydroxylation is 1. The number of benzene rings is 1. The summed E-state index contributed by atoms with van der Waals surface area (Å²) in [5.74, 6) is 0.736. The summed E-state index contributed by atoms with van der Waals surface area (Å²) in [7, 11) is 0. The molecule has 0 aromatic heterocycles. The number of fused-ring (bicyclic) bond motifs is 2. The number of para-hydroxylation sites is 1. The van der Waals surface area contributed by atoms with E-state index < -0.39 is 11.7 Å². The van der Waals surface area contributed by atoms with Gasteiger partial charge in [-0.3, -0.25) is 0 Å². The molecule has 0 spiro atoms. The van der Waals surface area contributed by atoms with Gasteiger partial charge in [-0.2, -0.15) is 0 Å². The van der Waals surface area contributed by atoms with Gasteiger partial charge in [0.2, 0.25) is 0 Å². The van der Waals surface area contributed by atoms with Crippen LogP contribution < -0.4 is 5.32 Å². The predicted molar refractivity (Wildman–Crippen MR) is 89.9 cm³/mol. The highest BCUT2D eigenvalue weighted by Crippen LogP contribution is 2.62. The molecule has 3 fully saturated rings. The molecule has 0 amide bonds. The van der Waals surface area contributed by atoms with E-state index in [1.54, 1.807) is 0 Å². The van der Waals surface area contributed by atoms with E-state index in [9.17, 15) is 10.2 Å². The highest BCUT2D eigenvalue weighted by atomic mass is 16.3. The van der Waals surface area contributed by atoms with Crippen LogP contribution in [0, 0.1) is 17.3 Å². The molecule has 1 aromatic rings. The summed E-state index contributed by atoms with van der Waals surface area (Å²) in [5, 5.41) is 25.0. The fourth-order valence-electron chi connectivity index (χ4n) is 4.63. The maximum Gasteiger partial charge on any atom is 0.111 e. The Labute approximate surface area is 133 Å². The lowest BCUT2D eigenvalue weighted by molar-refractivity contribution is -0.247. The van der Waals surface area contributed by atoms with Crippen molar-refractivity contribution in [3.63, 3.8) is 0 Å². The predicted octanol–water partition coefficient (Wildman–Crippen LogP) is 3.21. The monoisotopic (exact) mass is 303 g/mol. The van der Waals surface area contributed by atoms with Crippen LogP contribution in [0.4, 0.5) is 5.69 Å². The standard InChI is InChI=1S/C19H29NO2/c1-4-7-13-8-5-6-9-15(13)20-12-19(22)16-10-14(11-17(19)21)18(16,2)3/h5-6,8-9,14,16-17,20-22H,4,7,10-12H2,1-3H3/t14-,16-,17+,19-/m0/s1. The zero-order valence-electron chi connectivity index (χ0n) is 14.0. The largest absolute Gasteiger partial charge is 0.390 e. The van der Waals surface area contributed by atoms with E-state index in [1.165, 1.54) is 5.56 Å². The zero-order chi connectivity index (χ0) is 16.0. The summed E-state index contributed by atoms with van der Waals surface area (Å²) >= 11 is 0. The average molecular weight is 303 g/mol. The number of rotatable bonds is 5. The van der Waals surface area contributed by atoms with Crippen molar-refractivity contribution in [2.24, 2.45) is 17.3 Å². The van der Waals surface area contributed by atoms with Crippen molar-refractivity contribution in [1.82, 2.24) is 0 Å². The summed E-state index contributed by atoms with van der Waals surface area (Å²) < 4.78 is 0. The maximum atomic E-state index is 11.2. The molecule has 3 heteroatoms. The number of aliphatic hydroxyl groups is 2. The molecule has 1 aromatic carbocycles. The van der Waals surface area contributed by atoms with Gasteiger partial charge in [-0.15, -0.1) is 0 Å². The van der Waals surface area contributed by atoms with Crippen molar-refractivity contribution in [1.29, 1.82) is 0 Å². The zero-order valence-corrected chi connectivity index (χ0v) is 14.0. The summed E-state index contributed by atoms with van der Waals surface area (Å²) in [6.45, 7) is 7.06. The molecule has 0 radical (unpaired) electrons. The molecule has 0 saturated heterocycles. The summed E-state index contributed by atoms with van der Waals surface area (Å²) in [6.07, 6.45) is 3.27. The van der Waals surface area contributed by atoms with Crippen LogP contribution >= 0.6 is 0 Å². The van der Waals surface area contributed by atoms with E-state index >= 15 is 0 Å². The smallest absolute Gasteiger partial charge is 0.111 e. The Bertz CT molecular complexity index is 542. The van der Waals surface area contributed by atoms with Gasteiger partial charge in [0.25, 0.3) is 0 Å². The number of nitrogens with one attached hydrogen (secondary N) is 1. The van der Waals surface area contributed by atoms with Crippen LogP contribution in [0.15, 0.2) is 24.3 Å². The minimum absolute atomic E-state index is 0.137. The maximum absolute atomic E-state index is 11.2. The van der Waals surface area contributed by atoms with Crippen LogP contribution in [0.5, 0.6) is 0 Å². The fourth-order valence-corrected chi connectivity index (χ4v) is 4.63. The normalized spacial score (nSPS) is 35.8. The Hall–Kier alpha value is -1.06. The van der Waals surface area contributed by atoms with Gasteiger partial charge in [0.05, 0.1) is 6.10 Å². The SMILES string of the molecule is CCCc1ccccc1NC[C@@]1(O)[C@H](O)C[C@@H]2C[C@H]1C2(C)C. The Kier molecular flexibility index (Phi) is 3.98. The van der Waals surface area contributed by atoms with Gasteiger partial charge in [-0.1, -0.05) is 45.4 Å². The quantitative estimate of drug-likeness (QED) is 0.783. The van der Waals surface area contributed by atoms with E-state index in [0.717, 1.165) is 31.4 Å². The van der Waals surface area contributed by atoms with Gasteiger partial charge < -0.3 is 15.5 Å². The second kappa shape index (κ2) is 5.54. The Morgan fingerprint density at radius 3 is 2.64 bits per heavy atom. The van der Waals surface area contributed by atoms with Gasteiger partial charge >= 0.3 is 0 Å².